The fourth-order valence-corrected chi connectivity index (χ4v) is 4.35. The van der Waals surface area contributed by atoms with E-state index in [-0.39, 0.29) is 18.4 Å². The molecule has 0 aliphatic heterocycles. The van der Waals surface area contributed by atoms with Gasteiger partial charge >= 0.3 is 0 Å². The molecule has 0 aliphatic rings. The highest BCUT2D eigenvalue weighted by atomic mass is 16.5. The number of unbranched alkanes of at least 4 members (excludes halogenated alkanes) is 3. The molecule has 0 radical (unpaired) electrons. The lowest BCUT2D eigenvalue weighted by Gasteiger charge is -2.27. The van der Waals surface area contributed by atoms with Crippen molar-refractivity contribution in [3.63, 3.8) is 0 Å². The minimum Gasteiger partial charge on any atom is -0.467 e. The van der Waals surface area contributed by atoms with Gasteiger partial charge in [0.25, 0.3) is 5.91 Å². The van der Waals surface area contributed by atoms with E-state index in [1.165, 1.54) is 24.8 Å². The monoisotopic (exact) mass is 507 g/mol. The Kier molecular flexibility index (Phi) is 11.5. The van der Waals surface area contributed by atoms with E-state index >= 15 is 0 Å². The van der Waals surface area contributed by atoms with Crippen LogP contribution in [0.3, 0.4) is 0 Å². The predicted octanol–water partition coefficient (Wildman–Crippen LogP) is 5.45. The van der Waals surface area contributed by atoms with Crippen LogP contribution in [-0.4, -0.2) is 53.0 Å². The Morgan fingerprint density at radius 1 is 0.946 bits per heavy atom. The summed E-state index contributed by atoms with van der Waals surface area (Å²) in [4.78, 5) is 30.4. The van der Waals surface area contributed by atoms with Gasteiger partial charge in [0.15, 0.2) is 0 Å². The van der Waals surface area contributed by atoms with E-state index < -0.39 is 0 Å². The zero-order valence-corrected chi connectivity index (χ0v) is 22.5. The molecule has 0 N–H and O–H groups in total. The summed E-state index contributed by atoms with van der Waals surface area (Å²) >= 11 is 0. The largest absolute Gasteiger partial charge is 0.467 e. The molecule has 0 saturated heterocycles. The van der Waals surface area contributed by atoms with Crippen LogP contribution in [0, 0.1) is 0 Å². The van der Waals surface area contributed by atoms with Crippen LogP contribution in [-0.2, 0) is 36.1 Å². The third kappa shape index (κ3) is 8.93. The van der Waals surface area contributed by atoms with Gasteiger partial charge in [-0.25, -0.2) is 0 Å². The van der Waals surface area contributed by atoms with Crippen molar-refractivity contribution in [3.8, 4) is 0 Å². The zero-order chi connectivity index (χ0) is 26.5. The highest BCUT2D eigenvalue weighted by Crippen LogP contribution is 2.15. The summed E-state index contributed by atoms with van der Waals surface area (Å²) in [5.74, 6) is 0.434. The van der Waals surface area contributed by atoms with Crippen LogP contribution in [0.15, 0.2) is 65.4 Å². The van der Waals surface area contributed by atoms with E-state index in [4.69, 9.17) is 9.15 Å². The molecule has 200 valence electrons. The minimum absolute atomic E-state index is 0.00749. The number of aromatic nitrogens is 1. The summed E-state index contributed by atoms with van der Waals surface area (Å²) in [6, 6.07) is 15.5. The van der Waals surface area contributed by atoms with E-state index in [0.29, 0.717) is 44.0 Å². The maximum Gasteiger partial charge on any atom is 0.254 e. The molecular weight excluding hydrogens is 466 g/mol. The fraction of sp³-hybridized carbons (Fsp3) is 0.467. The van der Waals surface area contributed by atoms with Gasteiger partial charge in [-0.15, -0.1) is 0 Å². The number of hydrogen-bond donors (Lipinski definition) is 0. The third-order valence-corrected chi connectivity index (χ3v) is 6.59. The Hall–Kier alpha value is -3.32. The van der Waals surface area contributed by atoms with Gasteiger partial charge in [-0.1, -0.05) is 38.3 Å². The molecule has 2 heterocycles. The Morgan fingerprint density at radius 2 is 1.76 bits per heavy atom. The highest BCUT2D eigenvalue weighted by Gasteiger charge is 2.24. The quantitative estimate of drug-likeness (QED) is 0.242. The summed E-state index contributed by atoms with van der Waals surface area (Å²) in [6.07, 6.45) is 10.1. The Balaban J connectivity index is 1.71. The maximum atomic E-state index is 13.6. The van der Waals surface area contributed by atoms with E-state index in [0.717, 1.165) is 18.5 Å². The molecule has 0 fully saturated rings. The van der Waals surface area contributed by atoms with Crippen molar-refractivity contribution in [2.45, 2.75) is 58.5 Å². The molecule has 7 heteroatoms. The van der Waals surface area contributed by atoms with Crippen molar-refractivity contribution in [1.82, 2.24) is 14.4 Å². The van der Waals surface area contributed by atoms with Gasteiger partial charge in [0.2, 0.25) is 5.91 Å². The van der Waals surface area contributed by atoms with Crippen molar-refractivity contribution >= 4 is 11.8 Å². The van der Waals surface area contributed by atoms with E-state index in [9.17, 15) is 9.59 Å². The van der Waals surface area contributed by atoms with Gasteiger partial charge in [-0.2, -0.15) is 0 Å². The van der Waals surface area contributed by atoms with Crippen LogP contribution in [0.25, 0.3) is 0 Å². The molecule has 7 nitrogen and oxygen atoms in total. The molecule has 0 aliphatic carbocycles. The van der Waals surface area contributed by atoms with Crippen LogP contribution in [0.4, 0.5) is 0 Å². The first-order valence-corrected chi connectivity index (χ1v) is 13.3. The molecule has 1 aromatic carbocycles. The lowest BCUT2D eigenvalue weighted by atomic mass is 10.0. The number of hydrogen-bond acceptors (Lipinski definition) is 4. The first-order chi connectivity index (χ1) is 18.0. The number of ether oxygens (including phenoxy) is 1. The van der Waals surface area contributed by atoms with Gasteiger partial charge in [-0.05, 0) is 61.2 Å². The van der Waals surface area contributed by atoms with Crippen molar-refractivity contribution in [2.24, 2.45) is 7.05 Å². The van der Waals surface area contributed by atoms with Gasteiger partial charge in [0, 0.05) is 44.8 Å². The van der Waals surface area contributed by atoms with Crippen LogP contribution >= 0.6 is 0 Å². The van der Waals surface area contributed by atoms with Gasteiger partial charge in [0.1, 0.15) is 12.3 Å². The number of rotatable bonds is 16. The number of nitrogens with zero attached hydrogens (tertiary/aromatic N) is 3. The van der Waals surface area contributed by atoms with Gasteiger partial charge in [-0.3, -0.25) is 9.59 Å². The van der Waals surface area contributed by atoms with E-state index in [1.807, 2.05) is 66.3 Å². The number of carbonyl (C=O) groups excluding carboxylic acids is 2. The summed E-state index contributed by atoms with van der Waals surface area (Å²) in [5, 5.41) is 0. The number of benzene rings is 1. The molecular formula is C30H41N3O4. The number of furan rings is 1. The minimum atomic E-state index is -0.140. The smallest absolute Gasteiger partial charge is 0.254 e. The zero-order valence-electron chi connectivity index (χ0n) is 22.5. The van der Waals surface area contributed by atoms with Crippen molar-refractivity contribution in [2.75, 3.05) is 26.8 Å². The summed E-state index contributed by atoms with van der Waals surface area (Å²) in [6.45, 7) is 3.93. The average molecular weight is 508 g/mol. The number of aryl methyl sites for hydroxylation is 2. The lowest BCUT2D eigenvalue weighted by Crippen LogP contribution is -2.43. The molecule has 0 saturated carbocycles. The summed E-state index contributed by atoms with van der Waals surface area (Å²) in [7, 11) is 3.60. The van der Waals surface area contributed by atoms with Crippen LogP contribution in [0.1, 0.15) is 66.4 Å². The van der Waals surface area contributed by atoms with Crippen LogP contribution in [0.5, 0.6) is 0 Å². The van der Waals surface area contributed by atoms with E-state index in [2.05, 4.69) is 6.92 Å². The SMILES string of the molecule is CCCCCCc1ccc(C(=O)N(CCCOC)CC(=O)N(Cc2ccco2)Cc2cccn2C)cc1. The maximum absolute atomic E-state index is 13.6. The van der Waals surface area contributed by atoms with Crippen LogP contribution < -0.4 is 0 Å². The Bertz CT molecular complexity index is 1070. The first-order valence-electron chi connectivity index (χ1n) is 13.3. The second-order valence-electron chi connectivity index (χ2n) is 9.52. The average Bonchev–Trinajstić information content (AvgIpc) is 3.57. The molecule has 3 rings (SSSR count). The molecule has 2 amide bonds. The number of methoxy groups -OCH3 is 1. The molecule has 0 spiro atoms. The van der Waals surface area contributed by atoms with Gasteiger partial charge < -0.3 is 23.5 Å². The van der Waals surface area contributed by atoms with E-state index in [1.54, 1.807) is 23.2 Å². The highest BCUT2D eigenvalue weighted by molar-refractivity contribution is 5.96. The molecule has 0 atom stereocenters. The third-order valence-electron chi connectivity index (χ3n) is 6.59. The van der Waals surface area contributed by atoms with Crippen molar-refractivity contribution in [3.05, 3.63) is 83.6 Å². The molecule has 2 aromatic heterocycles. The second kappa shape index (κ2) is 15.1. The second-order valence-corrected chi connectivity index (χ2v) is 9.52. The molecule has 0 bridgehead atoms. The molecule has 0 unspecified atom stereocenters. The summed E-state index contributed by atoms with van der Waals surface area (Å²) in [5.41, 5.74) is 2.84. The number of amides is 2. The summed E-state index contributed by atoms with van der Waals surface area (Å²) < 4.78 is 12.7. The molecule has 37 heavy (non-hydrogen) atoms. The number of carbonyl (C=O) groups is 2. The Labute approximate surface area is 221 Å². The topological polar surface area (TPSA) is 67.9 Å². The van der Waals surface area contributed by atoms with Crippen molar-refractivity contribution in [1.29, 1.82) is 0 Å². The molecule has 3 aromatic rings. The fourth-order valence-electron chi connectivity index (χ4n) is 4.35. The van der Waals surface area contributed by atoms with Crippen LogP contribution in [0.2, 0.25) is 0 Å². The lowest BCUT2D eigenvalue weighted by molar-refractivity contribution is -0.133. The predicted molar refractivity (Wildman–Crippen MR) is 145 cm³/mol. The standard InChI is InChI=1S/C30H41N3O4/c1-4-5-6-7-11-25-14-16-26(17-15-25)30(35)32(19-10-20-36-3)24-29(34)33(23-28-13-9-21-37-28)22-27-12-8-18-31(27)2/h8-9,12-18,21H,4-7,10-11,19-20,22-24H2,1-3H3. The van der Waals surface area contributed by atoms with Gasteiger partial charge in [0.05, 0.1) is 19.4 Å². The van der Waals surface area contributed by atoms with Crippen molar-refractivity contribution < 1.29 is 18.7 Å². The first kappa shape index (κ1) is 28.3. The normalized spacial score (nSPS) is 11.0. The Morgan fingerprint density at radius 3 is 2.41 bits per heavy atom.